The normalized spacial score (nSPS) is 15.3. The van der Waals surface area contributed by atoms with Gasteiger partial charge in [-0.25, -0.2) is 4.98 Å². The zero-order valence-corrected chi connectivity index (χ0v) is 17.6. The summed E-state index contributed by atoms with van der Waals surface area (Å²) in [6, 6.07) is 10.2. The number of hydrogen-bond donors (Lipinski definition) is 1. The molecule has 29 heavy (non-hydrogen) atoms. The van der Waals surface area contributed by atoms with Gasteiger partial charge in [-0.1, -0.05) is 43.2 Å². The first-order valence-corrected chi connectivity index (χ1v) is 11.3. The minimum Gasteiger partial charge on any atom is -0.349 e. The van der Waals surface area contributed by atoms with Crippen LogP contribution in [0.5, 0.6) is 0 Å². The lowest BCUT2D eigenvalue weighted by Gasteiger charge is -2.14. The first-order valence-electron chi connectivity index (χ1n) is 10.5. The summed E-state index contributed by atoms with van der Waals surface area (Å²) in [6.45, 7) is 1.98. The van der Waals surface area contributed by atoms with Crippen LogP contribution in [0.15, 0.2) is 41.3 Å². The number of aromatic nitrogens is 2. The van der Waals surface area contributed by atoms with Gasteiger partial charge in [0.05, 0.1) is 0 Å². The van der Waals surface area contributed by atoms with Gasteiger partial charge in [-0.3, -0.25) is 14.0 Å². The number of amides is 1. The number of rotatable bonds is 5. The second-order valence-electron chi connectivity index (χ2n) is 7.88. The molecule has 1 aromatic carbocycles. The first-order chi connectivity index (χ1) is 14.1. The molecule has 1 amide bonds. The first kappa shape index (κ1) is 19.8. The van der Waals surface area contributed by atoms with Crippen molar-refractivity contribution in [2.75, 3.05) is 0 Å². The van der Waals surface area contributed by atoms with E-state index >= 15 is 0 Å². The van der Waals surface area contributed by atoms with Crippen LogP contribution in [-0.2, 0) is 19.3 Å². The maximum absolute atomic E-state index is 13.1. The third-order valence-electron chi connectivity index (χ3n) is 5.63. The summed E-state index contributed by atoms with van der Waals surface area (Å²) >= 11 is 1.60. The van der Waals surface area contributed by atoms with Crippen molar-refractivity contribution < 1.29 is 4.79 Å². The van der Waals surface area contributed by atoms with Crippen molar-refractivity contribution in [3.8, 4) is 0 Å². The molecular formula is C23H27N3O2S. The van der Waals surface area contributed by atoms with Gasteiger partial charge in [0.2, 0.25) is 0 Å². The lowest BCUT2D eigenvalue weighted by molar-refractivity contribution is 0.0936. The molecule has 0 spiro atoms. The van der Waals surface area contributed by atoms with Gasteiger partial charge in [-0.2, -0.15) is 0 Å². The number of carbonyl (C=O) groups is 1. The molecule has 0 fully saturated rings. The molecule has 0 aliphatic heterocycles. The molecule has 0 radical (unpaired) electrons. The zero-order chi connectivity index (χ0) is 20.2. The molecule has 1 N–H and O–H groups in total. The Bertz CT molecular complexity index is 1060. The van der Waals surface area contributed by atoms with Crippen molar-refractivity contribution in [3.05, 3.63) is 68.6 Å². The second-order valence-corrected chi connectivity index (χ2v) is 8.94. The number of nitrogens with zero attached hydrogens (tertiary/aromatic N) is 2. The standard InChI is InChI=1S/C23H27N3O2S/c1-16(13-14-17-9-5-4-6-10-17)25-21(27)18-15-24-23-26(22(18)28)19-11-7-2-3-8-12-20(19)29-23/h4-6,9-10,15-16H,2-3,7-8,11-14H2,1H3,(H,25,27)/t16-/m1/s1. The van der Waals surface area contributed by atoms with Gasteiger partial charge in [0, 0.05) is 22.8 Å². The van der Waals surface area contributed by atoms with E-state index in [1.54, 1.807) is 15.7 Å². The SMILES string of the molecule is C[C@H](CCc1ccccc1)NC(=O)c1cnc2sc3c(n2c1=O)CCCCCC3. The predicted molar refractivity (Wildman–Crippen MR) is 117 cm³/mol. The molecule has 3 aromatic rings. The van der Waals surface area contributed by atoms with Crippen molar-refractivity contribution >= 4 is 22.2 Å². The van der Waals surface area contributed by atoms with E-state index in [9.17, 15) is 9.59 Å². The Morgan fingerprint density at radius 2 is 1.93 bits per heavy atom. The van der Waals surface area contributed by atoms with Gasteiger partial charge in [0.15, 0.2) is 4.96 Å². The summed E-state index contributed by atoms with van der Waals surface area (Å²) < 4.78 is 1.69. The highest BCUT2D eigenvalue weighted by Crippen LogP contribution is 2.27. The van der Waals surface area contributed by atoms with E-state index in [0.29, 0.717) is 4.96 Å². The topological polar surface area (TPSA) is 63.5 Å². The van der Waals surface area contributed by atoms with Crippen LogP contribution in [0, 0.1) is 0 Å². The molecule has 0 saturated carbocycles. The van der Waals surface area contributed by atoms with E-state index in [1.165, 1.54) is 29.5 Å². The molecule has 5 nitrogen and oxygen atoms in total. The third kappa shape index (κ3) is 4.42. The Morgan fingerprint density at radius 3 is 2.72 bits per heavy atom. The van der Waals surface area contributed by atoms with Gasteiger partial charge in [-0.05, 0) is 51.0 Å². The Hall–Kier alpha value is -2.47. The fourth-order valence-corrected chi connectivity index (χ4v) is 5.15. The zero-order valence-electron chi connectivity index (χ0n) is 16.8. The van der Waals surface area contributed by atoms with Crippen LogP contribution < -0.4 is 10.9 Å². The van der Waals surface area contributed by atoms with Crippen LogP contribution >= 0.6 is 11.3 Å². The van der Waals surface area contributed by atoms with Crippen molar-refractivity contribution in [2.45, 2.75) is 64.3 Å². The summed E-state index contributed by atoms with van der Waals surface area (Å²) in [5.41, 5.74) is 2.21. The van der Waals surface area contributed by atoms with Crippen molar-refractivity contribution in [1.29, 1.82) is 0 Å². The number of hydrogen-bond acceptors (Lipinski definition) is 4. The maximum Gasteiger partial charge on any atom is 0.271 e. The summed E-state index contributed by atoms with van der Waals surface area (Å²) in [5, 5.41) is 2.98. The van der Waals surface area contributed by atoms with Gasteiger partial charge in [-0.15, -0.1) is 11.3 Å². The highest BCUT2D eigenvalue weighted by atomic mass is 32.1. The minimum absolute atomic E-state index is 0.0223. The quantitative estimate of drug-likeness (QED) is 0.688. The Kier molecular flexibility index (Phi) is 6.09. The number of carbonyl (C=O) groups excluding carboxylic acids is 1. The molecule has 4 rings (SSSR count). The van der Waals surface area contributed by atoms with Crippen LogP contribution in [0.3, 0.4) is 0 Å². The Morgan fingerprint density at radius 1 is 1.17 bits per heavy atom. The predicted octanol–water partition coefficient (Wildman–Crippen LogP) is 4.17. The van der Waals surface area contributed by atoms with E-state index in [4.69, 9.17) is 0 Å². The summed E-state index contributed by atoms with van der Waals surface area (Å²) in [5.74, 6) is -0.330. The monoisotopic (exact) mass is 409 g/mol. The van der Waals surface area contributed by atoms with Gasteiger partial charge >= 0.3 is 0 Å². The molecule has 0 saturated heterocycles. The van der Waals surface area contributed by atoms with Crippen LogP contribution in [0.1, 0.15) is 65.5 Å². The lowest BCUT2D eigenvalue weighted by atomic mass is 10.0. The Balaban J connectivity index is 1.52. The minimum atomic E-state index is -0.330. The summed E-state index contributed by atoms with van der Waals surface area (Å²) in [4.78, 5) is 32.3. The maximum atomic E-state index is 13.1. The molecule has 1 aliphatic carbocycles. The molecule has 1 aliphatic rings. The molecule has 6 heteroatoms. The highest BCUT2D eigenvalue weighted by Gasteiger charge is 2.21. The largest absolute Gasteiger partial charge is 0.349 e. The molecule has 0 bridgehead atoms. The molecule has 2 aromatic heterocycles. The third-order valence-corrected chi connectivity index (χ3v) is 6.79. The molecule has 152 valence electrons. The van der Waals surface area contributed by atoms with Crippen LogP contribution in [0.25, 0.3) is 4.96 Å². The van der Waals surface area contributed by atoms with E-state index in [-0.39, 0.29) is 23.1 Å². The van der Waals surface area contributed by atoms with Crippen molar-refractivity contribution in [1.82, 2.24) is 14.7 Å². The van der Waals surface area contributed by atoms with E-state index in [2.05, 4.69) is 22.4 Å². The van der Waals surface area contributed by atoms with Crippen molar-refractivity contribution in [2.24, 2.45) is 0 Å². The molecule has 0 unspecified atom stereocenters. The van der Waals surface area contributed by atoms with Gasteiger partial charge < -0.3 is 5.32 Å². The van der Waals surface area contributed by atoms with Crippen LogP contribution in [0.2, 0.25) is 0 Å². The highest BCUT2D eigenvalue weighted by molar-refractivity contribution is 7.17. The molecule has 1 atom stereocenters. The average Bonchev–Trinajstić information content (AvgIpc) is 3.04. The van der Waals surface area contributed by atoms with E-state index < -0.39 is 0 Å². The van der Waals surface area contributed by atoms with Gasteiger partial charge in [0.25, 0.3) is 11.5 Å². The Labute approximate surface area is 174 Å². The van der Waals surface area contributed by atoms with Gasteiger partial charge in [0.1, 0.15) is 5.56 Å². The summed E-state index contributed by atoms with van der Waals surface area (Å²) in [6.07, 6.45) is 9.70. The second kappa shape index (κ2) is 8.91. The fourth-order valence-electron chi connectivity index (χ4n) is 3.98. The molecule has 2 heterocycles. The fraction of sp³-hybridized carbons (Fsp3) is 0.435. The van der Waals surface area contributed by atoms with Crippen molar-refractivity contribution in [3.63, 3.8) is 0 Å². The average molecular weight is 410 g/mol. The van der Waals surface area contributed by atoms with E-state index in [1.807, 2.05) is 25.1 Å². The van der Waals surface area contributed by atoms with Crippen LogP contribution in [-0.4, -0.2) is 21.3 Å². The lowest BCUT2D eigenvalue weighted by Crippen LogP contribution is -2.37. The van der Waals surface area contributed by atoms with Crippen LogP contribution in [0.4, 0.5) is 0 Å². The van der Waals surface area contributed by atoms with E-state index in [0.717, 1.165) is 44.2 Å². The summed E-state index contributed by atoms with van der Waals surface area (Å²) in [7, 11) is 0. The molecular weight excluding hydrogens is 382 g/mol. The number of fused-ring (bicyclic) bond motifs is 3. The number of nitrogens with one attached hydrogen (secondary N) is 1. The number of benzene rings is 1. The number of thiazole rings is 1. The smallest absolute Gasteiger partial charge is 0.271 e. The number of aryl methyl sites for hydroxylation is 3.